The summed E-state index contributed by atoms with van der Waals surface area (Å²) in [4.78, 5) is 22.8. The Hall–Kier alpha value is -3.10. The van der Waals surface area contributed by atoms with Crippen molar-refractivity contribution in [3.05, 3.63) is 47.5 Å². The summed E-state index contributed by atoms with van der Waals surface area (Å²) in [5.74, 6) is -3.07. The molecule has 176 valence electrons. The third kappa shape index (κ3) is 5.83. The van der Waals surface area contributed by atoms with Gasteiger partial charge in [-0.1, -0.05) is 6.07 Å². The average molecular weight is 486 g/mol. The Labute approximate surface area is 187 Å². The van der Waals surface area contributed by atoms with E-state index in [1.165, 1.54) is 19.1 Å². The highest BCUT2D eigenvalue weighted by atomic mass is 32.2. The number of hydrogen-bond donors (Lipinski definition) is 3. The van der Waals surface area contributed by atoms with Gasteiger partial charge in [-0.2, -0.15) is 13.2 Å². The van der Waals surface area contributed by atoms with Crippen LogP contribution in [0.25, 0.3) is 0 Å². The minimum absolute atomic E-state index is 0.00316. The van der Waals surface area contributed by atoms with Crippen molar-refractivity contribution in [1.82, 2.24) is 0 Å². The van der Waals surface area contributed by atoms with Gasteiger partial charge in [-0.05, 0) is 53.8 Å². The molecule has 0 fully saturated rings. The number of fused-ring (bicyclic) bond motifs is 1. The standard InChI is InChI=1S/C19H18BF3N2O7S/c1-2-31-17(26)8-12-7-13(24-18(27)19(21,22)23)5-6-16(12)33(29,30)25-14-4-3-11-10-32-20(28)15(11)9-14/h3-7,9,25,28H,2,8,10H2,1H3,(H,24,27). The van der Waals surface area contributed by atoms with Gasteiger partial charge in [0.15, 0.2) is 0 Å². The van der Waals surface area contributed by atoms with Crippen molar-refractivity contribution < 1.29 is 45.6 Å². The van der Waals surface area contributed by atoms with Crippen molar-refractivity contribution in [1.29, 1.82) is 0 Å². The number of ether oxygens (including phenoxy) is 1. The van der Waals surface area contributed by atoms with Crippen molar-refractivity contribution in [2.24, 2.45) is 0 Å². The van der Waals surface area contributed by atoms with E-state index in [1.54, 1.807) is 11.4 Å². The van der Waals surface area contributed by atoms with E-state index in [-0.39, 0.29) is 30.2 Å². The molecule has 0 unspecified atom stereocenters. The van der Waals surface area contributed by atoms with Crippen LogP contribution in [-0.2, 0) is 42.0 Å². The molecule has 0 bridgehead atoms. The Kier molecular flexibility index (Phi) is 7.00. The molecule has 1 aliphatic heterocycles. The highest BCUT2D eigenvalue weighted by Crippen LogP contribution is 2.26. The van der Waals surface area contributed by atoms with Crippen LogP contribution in [0, 0.1) is 0 Å². The SMILES string of the molecule is CCOC(=O)Cc1cc(NC(=O)C(F)(F)F)ccc1S(=O)(=O)Nc1ccc2c(c1)B(O)OC2. The third-order valence-corrected chi connectivity index (χ3v) is 6.05. The van der Waals surface area contributed by atoms with Gasteiger partial charge in [0.25, 0.3) is 10.0 Å². The molecule has 0 aliphatic carbocycles. The monoisotopic (exact) mass is 486 g/mol. The highest BCUT2D eigenvalue weighted by Gasteiger charge is 2.39. The van der Waals surface area contributed by atoms with E-state index in [1.807, 2.05) is 0 Å². The lowest BCUT2D eigenvalue weighted by Crippen LogP contribution is -2.30. The number of rotatable bonds is 7. The summed E-state index contributed by atoms with van der Waals surface area (Å²) in [6.07, 6.45) is -5.73. The number of carbonyl (C=O) groups excluding carboxylic acids is 2. The zero-order valence-corrected chi connectivity index (χ0v) is 17.9. The molecule has 14 heteroatoms. The molecule has 33 heavy (non-hydrogen) atoms. The van der Waals surface area contributed by atoms with Crippen LogP contribution in [0.15, 0.2) is 41.3 Å². The van der Waals surface area contributed by atoms with Crippen LogP contribution in [0.1, 0.15) is 18.1 Å². The first-order valence-electron chi connectivity index (χ1n) is 9.52. The highest BCUT2D eigenvalue weighted by molar-refractivity contribution is 7.92. The van der Waals surface area contributed by atoms with Crippen molar-refractivity contribution in [3.63, 3.8) is 0 Å². The molecule has 2 aromatic rings. The molecule has 1 amide bonds. The fourth-order valence-electron chi connectivity index (χ4n) is 3.12. The van der Waals surface area contributed by atoms with Crippen LogP contribution < -0.4 is 15.5 Å². The van der Waals surface area contributed by atoms with E-state index in [9.17, 15) is 36.2 Å². The van der Waals surface area contributed by atoms with Crippen molar-refractivity contribution in [2.45, 2.75) is 31.0 Å². The number of alkyl halides is 3. The average Bonchev–Trinajstić information content (AvgIpc) is 3.07. The lowest BCUT2D eigenvalue weighted by atomic mass is 9.79. The molecule has 1 aliphatic rings. The van der Waals surface area contributed by atoms with E-state index in [4.69, 9.17) is 9.39 Å². The van der Waals surface area contributed by atoms with Crippen LogP contribution in [0.5, 0.6) is 0 Å². The van der Waals surface area contributed by atoms with Crippen molar-refractivity contribution in [3.8, 4) is 0 Å². The topological polar surface area (TPSA) is 131 Å². The molecule has 0 saturated carbocycles. The molecule has 1 heterocycles. The number of anilines is 2. The molecule has 2 aromatic carbocycles. The summed E-state index contributed by atoms with van der Waals surface area (Å²) in [6, 6.07) is 7.28. The number of nitrogens with one attached hydrogen (secondary N) is 2. The summed E-state index contributed by atoms with van der Waals surface area (Å²) in [6.45, 7) is 1.70. The maximum Gasteiger partial charge on any atom is 0.491 e. The summed E-state index contributed by atoms with van der Waals surface area (Å²) < 4.78 is 75.9. The van der Waals surface area contributed by atoms with E-state index in [2.05, 4.69) is 4.72 Å². The predicted octanol–water partition coefficient (Wildman–Crippen LogP) is 1.31. The second kappa shape index (κ2) is 9.41. The van der Waals surface area contributed by atoms with E-state index in [0.717, 1.165) is 18.2 Å². The largest absolute Gasteiger partial charge is 0.491 e. The second-order valence-corrected chi connectivity index (χ2v) is 8.59. The van der Waals surface area contributed by atoms with E-state index < -0.39 is 46.5 Å². The van der Waals surface area contributed by atoms with Gasteiger partial charge >= 0.3 is 25.2 Å². The Morgan fingerprint density at radius 3 is 2.55 bits per heavy atom. The van der Waals surface area contributed by atoms with Gasteiger partial charge in [0.1, 0.15) is 0 Å². The van der Waals surface area contributed by atoms with Gasteiger partial charge in [-0.25, -0.2) is 8.42 Å². The first-order valence-corrected chi connectivity index (χ1v) is 11.0. The molecule has 0 atom stereocenters. The molecular formula is C19H18BF3N2O7S. The van der Waals surface area contributed by atoms with Gasteiger partial charge in [-0.15, -0.1) is 0 Å². The molecule has 9 nitrogen and oxygen atoms in total. The van der Waals surface area contributed by atoms with Gasteiger partial charge in [-0.3, -0.25) is 14.3 Å². The molecule has 0 spiro atoms. The molecule has 3 rings (SSSR count). The van der Waals surface area contributed by atoms with E-state index in [0.29, 0.717) is 11.0 Å². The normalized spacial score (nSPS) is 13.4. The number of benzene rings is 2. The number of halogens is 3. The summed E-state index contributed by atoms with van der Waals surface area (Å²) in [7, 11) is -5.54. The maximum absolute atomic E-state index is 13.0. The van der Waals surface area contributed by atoms with Crippen LogP contribution in [-0.4, -0.2) is 45.2 Å². The Balaban J connectivity index is 1.94. The Bertz CT molecular complexity index is 1190. The fourth-order valence-corrected chi connectivity index (χ4v) is 4.39. The van der Waals surface area contributed by atoms with Crippen molar-refractivity contribution in [2.75, 3.05) is 16.6 Å². The molecule has 0 aromatic heterocycles. The molecule has 3 N–H and O–H groups in total. The van der Waals surface area contributed by atoms with Crippen LogP contribution in [0.4, 0.5) is 24.5 Å². The number of hydrogen-bond acceptors (Lipinski definition) is 7. The van der Waals surface area contributed by atoms with Crippen molar-refractivity contribution >= 4 is 45.9 Å². The fraction of sp³-hybridized carbons (Fsp3) is 0.263. The number of amides is 1. The minimum atomic E-state index is -5.16. The Morgan fingerprint density at radius 1 is 1.18 bits per heavy atom. The van der Waals surface area contributed by atoms with Gasteiger partial charge in [0, 0.05) is 11.4 Å². The number of carbonyl (C=O) groups is 2. The van der Waals surface area contributed by atoms with Crippen LogP contribution in [0.2, 0.25) is 0 Å². The number of esters is 1. The molecular weight excluding hydrogens is 468 g/mol. The summed E-state index contributed by atoms with van der Waals surface area (Å²) in [5, 5.41) is 11.4. The maximum atomic E-state index is 13.0. The quantitative estimate of drug-likeness (QED) is 0.398. The second-order valence-electron chi connectivity index (χ2n) is 6.94. The first kappa shape index (κ1) is 24.5. The van der Waals surface area contributed by atoms with Gasteiger partial charge in [0.2, 0.25) is 0 Å². The lowest BCUT2D eigenvalue weighted by Gasteiger charge is -2.15. The van der Waals surface area contributed by atoms with E-state index >= 15 is 0 Å². The summed E-state index contributed by atoms with van der Waals surface area (Å²) in [5.41, 5.74) is 0.610. The first-order chi connectivity index (χ1) is 15.4. The third-order valence-electron chi connectivity index (χ3n) is 4.57. The zero-order chi connectivity index (χ0) is 24.4. The zero-order valence-electron chi connectivity index (χ0n) is 17.1. The smallest absolute Gasteiger partial charge is 0.466 e. The molecule has 0 radical (unpaired) electrons. The van der Waals surface area contributed by atoms with Gasteiger partial charge in [0.05, 0.1) is 24.5 Å². The number of sulfonamides is 1. The van der Waals surface area contributed by atoms with Gasteiger partial charge < -0.3 is 19.7 Å². The predicted molar refractivity (Wildman–Crippen MR) is 111 cm³/mol. The lowest BCUT2D eigenvalue weighted by molar-refractivity contribution is -0.167. The Morgan fingerprint density at radius 2 is 1.88 bits per heavy atom. The molecule has 0 saturated heterocycles. The summed E-state index contributed by atoms with van der Waals surface area (Å²) >= 11 is 0. The van der Waals surface area contributed by atoms with Crippen LogP contribution >= 0.6 is 0 Å². The minimum Gasteiger partial charge on any atom is -0.466 e. The van der Waals surface area contributed by atoms with Crippen LogP contribution in [0.3, 0.4) is 0 Å².